The Balaban J connectivity index is 1.67. The van der Waals surface area contributed by atoms with E-state index in [1.807, 2.05) is 12.1 Å². The van der Waals surface area contributed by atoms with Crippen LogP contribution in [-0.4, -0.2) is 12.6 Å². The average molecular weight is 235 g/mol. The second-order valence-electron chi connectivity index (χ2n) is 5.29. The number of nitrogens with one attached hydrogen (secondary N) is 1. The highest BCUT2D eigenvalue weighted by Gasteiger charge is 2.16. The van der Waals surface area contributed by atoms with Gasteiger partial charge in [-0.05, 0) is 62.3 Å². The molecule has 0 amide bonds. The van der Waals surface area contributed by atoms with Crippen LogP contribution >= 0.6 is 0 Å². The van der Waals surface area contributed by atoms with Crippen molar-refractivity contribution in [3.63, 3.8) is 0 Å². The van der Waals surface area contributed by atoms with Gasteiger partial charge in [-0.2, -0.15) is 0 Å². The number of hydrogen-bond donors (Lipinski definition) is 1. The van der Waals surface area contributed by atoms with E-state index in [0.29, 0.717) is 6.04 Å². The maximum atomic E-state index is 12.7. The van der Waals surface area contributed by atoms with Crippen molar-refractivity contribution in [2.24, 2.45) is 5.92 Å². The SMILES string of the molecule is CC1CCC(NCCc2ccc(F)cc2)CC1. The molecule has 0 atom stereocenters. The first-order valence-electron chi connectivity index (χ1n) is 6.72. The van der Waals surface area contributed by atoms with E-state index in [0.717, 1.165) is 18.9 Å². The molecule has 2 rings (SSSR count). The summed E-state index contributed by atoms with van der Waals surface area (Å²) in [6, 6.07) is 7.53. The fraction of sp³-hybridized carbons (Fsp3) is 0.600. The molecule has 1 fully saturated rings. The summed E-state index contributed by atoms with van der Waals surface area (Å²) in [5.74, 6) is 0.758. The highest BCUT2D eigenvalue weighted by molar-refractivity contribution is 5.16. The molecule has 94 valence electrons. The smallest absolute Gasteiger partial charge is 0.123 e. The molecule has 1 aromatic carbocycles. The summed E-state index contributed by atoms with van der Waals surface area (Å²) in [7, 11) is 0. The molecule has 0 aromatic heterocycles. The first-order valence-corrected chi connectivity index (χ1v) is 6.72. The summed E-state index contributed by atoms with van der Waals surface area (Å²) >= 11 is 0. The van der Waals surface area contributed by atoms with Crippen molar-refractivity contribution in [2.45, 2.75) is 45.1 Å². The van der Waals surface area contributed by atoms with Gasteiger partial charge >= 0.3 is 0 Å². The van der Waals surface area contributed by atoms with Crippen LogP contribution in [0.15, 0.2) is 24.3 Å². The first-order chi connectivity index (χ1) is 8.24. The standard InChI is InChI=1S/C15H22FN/c1-12-2-8-15(9-3-12)17-11-10-13-4-6-14(16)7-5-13/h4-7,12,15,17H,2-3,8-11H2,1H3. The summed E-state index contributed by atoms with van der Waals surface area (Å²) in [4.78, 5) is 0. The first kappa shape index (κ1) is 12.6. The Labute approximate surface area is 103 Å². The molecular weight excluding hydrogens is 213 g/mol. The van der Waals surface area contributed by atoms with E-state index in [1.165, 1.54) is 43.4 Å². The second-order valence-corrected chi connectivity index (χ2v) is 5.29. The molecule has 17 heavy (non-hydrogen) atoms. The Kier molecular flexibility index (Phi) is 4.55. The number of benzene rings is 1. The fourth-order valence-electron chi connectivity index (χ4n) is 2.54. The highest BCUT2D eigenvalue weighted by Crippen LogP contribution is 2.23. The van der Waals surface area contributed by atoms with Crippen molar-refractivity contribution in [3.8, 4) is 0 Å². The van der Waals surface area contributed by atoms with Gasteiger partial charge in [0.1, 0.15) is 5.82 Å². The Hall–Kier alpha value is -0.890. The van der Waals surface area contributed by atoms with E-state index < -0.39 is 0 Å². The largest absolute Gasteiger partial charge is 0.314 e. The molecule has 2 heteroatoms. The van der Waals surface area contributed by atoms with Crippen molar-refractivity contribution in [3.05, 3.63) is 35.6 Å². The van der Waals surface area contributed by atoms with Gasteiger partial charge in [0, 0.05) is 6.04 Å². The van der Waals surface area contributed by atoms with Gasteiger partial charge in [0.05, 0.1) is 0 Å². The third-order valence-corrected chi connectivity index (χ3v) is 3.78. The molecule has 0 spiro atoms. The molecular formula is C15H22FN. The van der Waals surface area contributed by atoms with Gasteiger partial charge in [0.15, 0.2) is 0 Å². The van der Waals surface area contributed by atoms with Crippen molar-refractivity contribution < 1.29 is 4.39 Å². The lowest BCUT2D eigenvalue weighted by Gasteiger charge is -2.27. The molecule has 0 saturated heterocycles. The van der Waals surface area contributed by atoms with Crippen LogP contribution in [0.5, 0.6) is 0 Å². The van der Waals surface area contributed by atoms with E-state index in [1.54, 1.807) is 0 Å². The van der Waals surface area contributed by atoms with Gasteiger partial charge < -0.3 is 5.32 Å². The predicted octanol–water partition coefficient (Wildman–Crippen LogP) is 3.54. The van der Waals surface area contributed by atoms with Crippen LogP contribution < -0.4 is 5.32 Å². The third-order valence-electron chi connectivity index (χ3n) is 3.78. The zero-order valence-corrected chi connectivity index (χ0v) is 10.6. The zero-order valence-electron chi connectivity index (χ0n) is 10.6. The minimum atomic E-state index is -0.150. The Bertz CT molecular complexity index is 325. The Morgan fingerprint density at radius 1 is 1.12 bits per heavy atom. The van der Waals surface area contributed by atoms with Gasteiger partial charge in [0.25, 0.3) is 0 Å². The van der Waals surface area contributed by atoms with Crippen LogP contribution in [0.25, 0.3) is 0 Å². The molecule has 1 N–H and O–H groups in total. The maximum absolute atomic E-state index is 12.7. The van der Waals surface area contributed by atoms with Crippen LogP contribution in [0.3, 0.4) is 0 Å². The summed E-state index contributed by atoms with van der Waals surface area (Å²) in [6.07, 6.45) is 6.32. The van der Waals surface area contributed by atoms with Gasteiger partial charge in [-0.1, -0.05) is 19.1 Å². The molecule has 0 radical (unpaired) electrons. The number of rotatable bonds is 4. The molecule has 0 bridgehead atoms. The lowest BCUT2D eigenvalue weighted by Crippen LogP contribution is -2.34. The van der Waals surface area contributed by atoms with E-state index >= 15 is 0 Å². The molecule has 1 saturated carbocycles. The second kappa shape index (κ2) is 6.15. The topological polar surface area (TPSA) is 12.0 Å². The van der Waals surface area contributed by atoms with Crippen LogP contribution in [0, 0.1) is 11.7 Å². The lowest BCUT2D eigenvalue weighted by atomic mass is 9.87. The molecule has 1 aliphatic rings. The summed E-state index contributed by atoms with van der Waals surface area (Å²) in [5, 5.41) is 3.61. The normalized spacial score (nSPS) is 24.8. The minimum Gasteiger partial charge on any atom is -0.314 e. The van der Waals surface area contributed by atoms with Crippen LogP contribution in [0.1, 0.15) is 38.2 Å². The van der Waals surface area contributed by atoms with Crippen LogP contribution in [0.4, 0.5) is 4.39 Å². The third kappa shape index (κ3) is 4.12. The van der Waals surface area contributed by atoms with Crippen LogP contribution in [-0.2, 0) is 6.42 Å². The van der Waals surface area contributed by atoms with Gasteiger partial charge in [0.2, 0.25) is 0 Å². The Morgan fingerprint density at radius 2 is 1.76 bits per heavy atom. The molecule has 0 aliphatic heterocycles. The number of halogens is 1. The van der Waals surface area contributed by atoms with E-state index in [9.17, 15) is 4.39 Å². The monoisotopic (exact) mass is 235 g/mol. The number of hydrogen-bond acceptors (Lipinski definition) is 1. The van der Waals surface area contributed by atoms with E-state index in [4.69, 9.17) is 0 Å². The molecule has 0 unspecified atom stereocenters. The summed E-state index contributed by atoms with van der Waals surface area (Å²) < 4.78 is 12.7. The van der Waals surface area contributed by atoms with E-state index in [2.05, 4.69) is 12.2 Å². The van der Waals surface area contributed by atoms with Crippen LogP contribution in [0.2, 0.25) is 0 Å². The Morgan fingerprint density at radius 3 is 2.41 bits per heavy atom. The van der Waals surface area contributed by atoms with Crippen molar-refractivity contribution in [2.75, 3.05) is 6.54 Å². The quantitative estimate of drug-likeness (QED) is 0.841. The minimum absolute atomic E-state index is 0.150. The summed E-state index contributed by atoms with van der Waals surface area (Å²) in [6.45, 7) is 3.35. The fourth-order valence-corrected chi connectivity index (χ4v) is 2.54. The van der Waals surface area contributed by atoms with Gasteiger partial charge in [-0.15, -0.1) is 0 Å². The molecule has 1 aliphatic carbocycles. The van der Waals surface area contributed by atoms with Gasteiger partial charge in [-0.3, -0.25) is 0 Å². The predicted molar refractivity (Wildman–Crippen MR) is 69.5 cm³/mol. The lowest BCUT2D eigenvalue weighted by molar-refractivity contribution is 0.309. The molecule has 0 heterocycles. The maximum Gasteiger partial charge on any atom is 0.123 e. The highest BCUT2D eigenvalue weighted by atomic mass is 19.1. The van der Waals surface area contributed by atoms with Crippen molar-refractivity contribution in [1.82, 2.24) is 5.32 Å². The molecule has 1 aromatic rings. The average Bonchev–Trinajstić information content (AvgIpc) is 2.34. The van der Waals surface area contributed by atoms with Gasteiger partial charge in [-0.25, -0.2) is 4.39 Å². The van der Waals surface area contributed by atoms with Crippen molar-refractivity contribution >= 4 is 0 Å². The summed E-state index contributed by atoms with van der Waals surface area (Å²) in [5.41, 5.74) is 1.21. The van der Waals surface area contributed by atoms with Crippen molar-refractivity contribution in [1.29, 1.82) is 0 Å². The van der Waals surface area contributed by atoms with E-state index in [-0.39, 0.29) is 5.82 Å². The zero-order chi connectivity index (χ0) is 12.1. The molecule has 1 nitrogen and oxygen atoms in total.